The maximum absolute atomic E-state index is 6.72. The van der Waals surface area contributed by atoms with Crippen molar-refractivity contribution in [2.45, 2.75) is 17.8 Å². The molecule has 0 saturated carbocycles. The zero-order chi connectivity index (χ0) is 30.7. The second-order valence-electron chi connectivity index (χ2n) is 12.6. The molecule has 1 unspecified atom stereocenters. The molecule has 1 atom stereocenters. The van der Waals surface area contributed by atoms with Crippen LogP contribution in [0.15, 0.2) is 176 Å². The van der Waals surface area contributed by atoms with Crippen molar-refractivity contribution in [1.82, 2.24) is 0 Å². The van der Waals surface area contributed by atoms with Crippen LogP contribution in [0.2, 0.25) is 0 Å². The van der Waals surface area contributed by atoms with Gasteiger partial charge in [-0.1, -0.05) is 164 Å². The minimum absolute atomic E-state index is 0.342. The molecule has 1 heterocycles. The molecule has 46 heavy (non-hydrogen) atoms. The summed E-state index contributed by atoms with van der Waals surface area (Å²) in [5.41, 5.74) is 12.9. The summed E-state index contributed by atoms with van der Waals surface area (Å²) >= 11 is 0. The maximum atomic E-state index is 6.72. The van der Waals surface area contributed by atoms with E-state index in [1.54, 1.807) is 0 Å². The molecule has 0 aromatic heterocycles. The first-order valence-corrected chi connectivity index (χ1v) is 16.0. The summed E-state index contributed by atoms with van der Waals surface area (Å²) < 4.78 is 6.72. The van der Waals surface area contributed by atoms with Crippen LogP contribution >= 0.6 is 0 Å². The lowest BCUT2D eigenvalue weighted by molar-refractivity contribution is 0.427. The molecule has 0 bridgehead atoms. The lowest BCUT2D eigenvalue weighted by atomic mass is 9.67. The van der Waals surface area contributed by atoms with Crippen molar-refractivity contribution in [2.75, 3.05) is 0 Å². The van der Waals surface area contributed by atoms with E-state index >= 15 is 0 Å². The van der Waals surface area contributed by atoms with Crippen LogP contribution < -0.4 is 4.74 Å². The third-order valence-electron chi connectivity index (χ3n) is 10.3. The van der Waals surface area contributed by atoms with Gasteiger partial charge in [-0.2, -0.15) is 0 Å². The van der Waals surface area contributed by atoms with Gasteiger partial charge in [-0.25, -0.2) is 0 Å². The molecular formula is C45H32O. The molecule has 0 amide bonds. The zero-order valence-corrected chi connectivity index (χ0v) is 25.7. The van der Waals surface area contributed by atoms with Gasteiger partial charge < -0.3 is 4.74 Å². The summed E-state index contributed by atoms with van der Waals surface area (Å²) in [4.78, 5) is 0. The molecule has 9 rings (SSSR count). The molecule has 1 heteroatoms. The maximum Gasteiger partial charge on any atom is 0.132 e. The van der Waals surface area contributed by atoms with E-state index in [0.717, 1.165) is 17.1 Å². The largest absolute Gasteiger partial charge is 0.457 e. The number of fused-ring (bicyclic) bond motifs is 5. The van der Waals surface area contributed by atoms with Crippen molar-refractivity contribution >= 4 is 0 Å². The van der Waals surface area contributed by atoms with E-state index in [9.17, 15) is 0 Å². The van der Waals surface area contributed by atoms with E-state index in [-0.39, 0.29) is 5.41 Å². The number of hydrogen-bond acceptors (Lipinski definition) is 1. The van der Waals surface area contributed by atoms with Gasteiger partial charge in [-0.15, -0.1) is 0 Å². The quantitative estimate of drug-likeness (QED) is 0.199. The predicted molar refractivity (Wildman–Crippen MR) is 188 cm³/mol. The molecule has 1 aliphatic carbocycles. The summed E-state index contributed by atoms with van der Waals surface area (Å²) in [5, 5.41) is 0. The van der Waals surface area contributed by atoms with Gasteiger partial charge in [-0.05, 0) is 69.1 Å². The lowest BCUT2D eigenvalue weighted by Gasteiger charge is -2.38. The Hall–Kier alpha value is -5.66. The number of rotatable bonds is 4. The molecule has 0 spiro atoms. The fourth-order valence-corrected chi connectivity index (χ4v) is 8.24. The Morgan fingerprint density at radius 2 is 0.913 bits per heavy atom. The van der Waals surface area contributed by atoms with Gasteiger partial charge >= 0.3 is 0 Å². The molecule has 7 aromatic rings. The predicted octanol–water partition coefficient (Wildman–Crippen LogP) is 11.2. The van der Waals surface area contributed by atoms with Gasteiger partial charge in [0.15, 0.2) is 0 Å². The van der Waals surface area contributed by atoms with E-state index in [1.807, 2.05) is 0 Å². The second kappa shape index (κ2) is 10.2. The smallest absolute Gasteiger partial charge is 0.132 e. The van der Waals surface area contributed by atoms with Crippen molar-refractivity contribution in [3.05, 3.63) is 215 Å². The summed E-state index contributed by atoms with van der Waals surface area (Å²) in [7, 11) is 0. The second-order valence-corrected chi connectivity index (χ2v) is 12.6. The topological polar surface area (TPSA) is 9.23 Å². The first-order chi connectivity index (χ1) is 22.7. The van der Waals surface area contributed by atoms with Crippen molar-refractivity contribution < 1.29 is 4.74 Å². The van der Waals surface area contributed by atoms with Gasteiger partial charge in [0.05, 0.1) is 5.41 Å². The third-order valence-corrected chi connectivity index (χ3v) is 10.3. The Morgan fingerprint density at radius 3 is 1.61 bits per heavy atom. The van der Waals surface area contributed by atoms with E-state index in [2.05, 4.69) is 183 Å². The van der Waals surface area contributed by atoms with Crippen LogP contribution in [0, 0.1) is 0 Å². The standard InChI is InChI=1S/C45H32O/c1-44(32-16-5-2-6-17-32)38-25-13-14-27-41(38)46-42-30-31(28-29-39(42)44)35-23-15-26-40-43(35)36-22-11-12-24-37(36)45(40,33-18-7-3-8-19-33)34-20-9-4-10-21-34/h2-30H,1H3. The molecule has 0 radical (unpaired) electrons. The Labute approximate surface area is 270 Å². The van der Waals surface area contributed by atoms with Crippen molar-refractivity contribution in [3.63, 3.8) is 0 Å². The fraction of sp³-hybridized carbons (Fsp3) is 0.0667. The zero-order valence-electron chi connectivity index (χ0n) is 25.7. The van der Waals surface area contributed by atoms with E-state index in [1.165, 1.54) is 55.6 Å². The van der Waals surface area contributed by atoms with Gasteiger partial charge in [0.25, 0.3) is 0 Å². The molecule has 1 nitrogen and oxygen atoms in total. The van der Waals surface area contributed by atoms with Gasteiger partial charge in [0, 0.05) is 16.5 Å². The third kappa shape index (κ3) is 3.63. The van der Waals surface area contributed by atoms with Crippen molar-refractivity contribution in [2.24, 2.45) is 0 Å². The summed E-state index contributed by atoms with van der Waals surface area (Å²) in [6.07, 6.45) is 0. The van der Waals surface area contributed by atoms with Crippen LogP contribution in [0.1, 0.15) is 45.9 Å². The summed E-state index contributed by atoms with van der Waals surface area (Å²) in [6, 6.07) is 63.9. The highest BCUT2D eigenvalue weighted by atomic mass is 16.5. The average Bonchev–Trinajstić information content (AvgIpc) is 3.44. The SMILES string of the molecule is CC1(c2ccccc2)c2ccccc2Oc2cc(-c3cccc4c3-c3ccccc3C4(c3ccccc3)c3ccccc3)ccc21. The fourth-order valence-electron chi connectivity index (χ4n) is 8.24. The van der Waals surface area contributed by atoms with Crippen LogP contribution in [0.25, 0.3) is 22.3 Å². The molecule has 0 N–H and O–H groups in total. The highest BCUT2D eigenvalue weighted by Crippen LogP contribution is 2.59. The minimum atomic E-state index is -0.431. The Balaban J connectivity index is 1.30. The molecular weight excluding hydrogens is 556 g/mol. The van der Waals surface area contributed by atoms with Crippen LogP contribution in [0.4, 0.5) is 0 Å². The van der Waals surface area contributed by atoms with Crippen LogP contribution in [-0.2, 0) is 10.8 Å². The van der Waals surface area contributed by atoms with E-state index in [4.69, 9.17) is 4.74 Å². The molecule has 2 aliphatic rings. The Bertz CT molecular complexity index is 2190. The summed E-state index contributed by atoms with van der Waals surface area (Å²) in [5.74, 6) is 1.82. The number of hydrogen-bond donors (Lipinski definition) is 0. The van der Waals surface area contributed by atoms with Crippen LogP contribution in [0.3, 0.4) is 0 Å². The van der Waals surface area contributed by atoms with Gasteiger partial charge in [-0.3, -0.25) is 0 Å². The molecule has 1 aliphatic heterocycles. The molecule has 7 aromatic carbocycles. The Morgan fingerprint density at radius 1 is 0.391 bits per heavy atom. The highest BCUT2D eigenvalue weighted by molar-refractivity contribution is 5.95. The molecule has 218 valence electrons. The highest BCUT2D eigenvalue weighted by Gasteiger charge is 2.47. The minimum Gasteiger partial charge on any atom is -0.457 e. The van der Waals surface area contributed by atoms with Crippen LogP contribution in [-0.4, -0.2) is 0 Å². The normalized spacial score (nSPS) is 16.8. The number of benzene rings is 7. The number of para-hydroxylation sites is 1. The molecule has 0 saturated heterocycles. The van der Waals surface area contributed by atoms with Crippen LogP contribution in [0.5, 0.6) is 11.5 Å². The van der Waals surface area contributed by atoms with E-state index in [0.29, 0.717) is 0 Å². The first kappa shape index (κ1) is 26.7. The molecule has 0 fully saturated rings. The Kier molecular flexibility index (Phi) is 5.92. The van der Waals surface area contributed by atoms with Gasteiger partial charge in [0.2, 0.25) is 0 Å². The summed E-state index contributed by atoms with van der Waals surface area (Å²) in [6.45, 7) is 2.33. The van der Waals surface area contributed by atoms with Crippen molar-refractivity contribution in [1.29, 1.82) is 0 Å². The van der Waals surface area contributed by atoms with Gasteiger partial charge in [0.1, 0.15) is 11.5 Å². The van der Waals surface area contributed by atoms with Crippen molar-refractivity contribution in [3.8, 4) is 33.8 Å². The lowest BCUT2D eigenvalue weighted by Crippen LogP contribution is -2.29. The number of ether oxygens (including phenoxy) is 1. The first-order valence-electron chi connectivity index (χ1n) is 16.0. The monoisotopic (exact) mass is 588 g/mol. The van der Waals surface area contributed by atoms with E-state index < -0.39 is 5.41 Å². The average molecular weight is 589 g/mol.